The van der Waals surface area contributed by atoms with Gasteiger partial charge in [0.05, 0.1) is 44.3 Å². The summed E-state index contributed by atoms with van der Waals surface area (Å²) in [6.07, 6.45) is 0.223. The highest BCUT2D eigenvalue weighted by atomic mass is 16.5. The van der Waals surface area contributed by atoms with Crippen molar-refractivity contribution >= 4 is 16.9 Å². The van der Waals surface area contributed by atoms with Crippen molar-refractivity contribution in [1.29, 1.82) is 0 Å². The fourth-order valence-electron chi connectivity index (χ4n) is 4.30. The van der Waals surface area contributed by atoms with E-state index in [1.165, 1.54) is 0 Å². The van der Waals surface area contributed by atoms with Crippen molar-refractivity contribution in [2.45, 2.75) is 39.8 Å². The first-order valence-electron chi connectivity index (χ1n) is 12.0. The van der Waals surface area contributed by atoms with Crippen LogP contribution in [0.5, 0.6) is 17.2 Å². The van der Waals surface area contributed by atoms with Crippen LogP contribution in [0, 0.1) is 13.8 Å². The van der Waals surface area contributed by atoms with Gasteiger partial charge in [0.25, 0.3) is 0 Å². The van der Waals surface area contributed by atoms with Crippen molar-refractivity contribution in [1.82, 2.24) is 14.9 Å². The molecule has 0 fully saturated rings. The van der Waals surface area contributed by atoms with Gasteiger partial charge in [-0.25, -0.2) is 4.98 Å². The Balaban J connectivity index is 1.49. The van der Waals surface area contributed by atoms with Gasteiger partial charge in [-0.1, -0.05) is 30.3 Å². The van der Waals surface area contributed by atoms with Crippen LogP contribution in [0.25, 0.3) is 11.0 Å². The molecule has 7 nitrogen and oxygen atoms in total. The molecule has 0 aliphatic carbocycles. The second-order valence-electron chi connectivity index (χ2n) is 8.88. The number of carbonyl (C=O) groups excluding carboxylic acids is 1. The summed E-state index contributed by atoms with van der Waals surface area (Å²) in [7, 11) is 3.17. The Kier molecular flexibility index (Phi) is 7.78. The van der Waals surface area contributed by atoms with Gasteiger partial charge in [-0.2, -0.15) is 0 Å². The molecule has 188 valence electrons. The van der Waals surface area contributed by atoms with E-state index in [9.17, 15) is 4.79 Å². The number of hydrogen-bond acceptors (Lipinski definition) is 5. The number of rotatable bonds is 10. The minimum absolute atomic E-state index is 0.0973. The molecule has 1 amide bonds. The van der Waals surface area contributed by atoms with Crippen LogP contribution in [-0.2, 0) is 17.8 Å². The Labute approximate surface area is 212 Å². The van der Waals surface area contributed by atoms with E-state index in [4.69, 9.17) is 19.2 Å². The van der Waals surface area contributed by atoms with E-state index in [1.807, 2.05) is 50.2 Å². The SMILES string of the molecule is COc1ccc(CC(=O)NC(C)c2nc3ccccc3n2CCOc2cc(C)ccc2C)cc1OC. The average molecular weight is 488 g/mol. The number of hydrogen-bond donors (Lipinski definition) is 1. The normalized spacial score (nSPS) is 11.8. The maximum atomic E-state index is 12.9. The quantitative estimate of drug-likeness (QED) is 0.334. The molecular formula is C29H33N3O4. The third-order valence-electron chi connectivity index (χ3n) is 6.18. The monoisotopic (exact) mass is 487 g/mol. The van der Waals surface area contributed by atoms with Gasteiger partial charge in [0.1, 0.15) is 18.2 Å². The molecule has 0 radical (unpaired) electrons. The Bertz CT molecular complexity index is 1360. The van der Waals surface area contributed by atoms with E-state index >= 15 is 0 Å². The van der Waals surface area contributed by atoms with E-state index in [2.05, 4.69) is 35.0 Å². The van der Waals surface area contributed by atoms with E-state index in [1.54, 1.807) is 20.3 Å². The third-order valence-corrected chi connectivity index (χ3v) is 6.18. The zero-order valence-electron chi connectivity index (χ0n) is 21.5. The van der Waals surface area contributed by atoms with Crippen molar-refractivity contribution in [2.75, 3.05) is 20.8 Å². The minimum atomic E-state index is -0.286. The second kappa shape index (κ2) is 11.2. The van der Waals surface area contributed by atoms with Gasteiger partial charge in [0.2, 0.25) is 5.91 Å². The van der Waals surface area contributed by atoms with Crippen LogP contribution in [-0.4, -0.2) is 36.3 Å². The van der Waals surface area contributed by atoms with Gasteiger partial charge < -0.3 is 24.1 Å². The first-order chi connectivity index (χ1) is 17.4. The molecule has 4 rings (SSSR count). The molecule has 3 aromatic carbocycles. The van der Waals surface area contributed by atoms with Gasteiger partial charge in [0.15, 0.2) is 11.5 Å². The molecule has 7 heteroatoms. The number of carbonyl (C=O) groups is 1. The minimum Gasteiger partial charge on any atom is -0.493 e. The lowest BCUT2D eigenvalue weighted by atomic mass is 10.1. The maximum Gasteiger partial charge on any atom is 0.224 e. The second-order valence-corrected chi connectivity index (χ2v) is 8.88. The molecule has 0 bridgehead atoms. The molecule has 1 atom stereocenters. The van der Waals surface area contributed by atoms with Gasteiger partial charge in [-0.15, -0.1) is 0 Å². The number of ether oxygens (including phenoxy) is 3. The molecule has 0 saturated carbocycles. The predicted molar refractivity (Wildman–Crippen MR) is 141 cm³/mol. The van der Waals surface area contributed by atoms with Crippen LogP contribution in [0.1, 0.15) is 35.5 Å². The summed E-state index contributed by atoms with van der Waals surface area (Å²) in [5, 5.41) is 3.10. The molecule has 1 unspecified atom stereocenters. The number of methoxy groups -OCH3 is 2. The first kappa shape index (κ1) is 25.1. The number of aromatic nitrogens is 2. The summed E-state index contributed by atoms with van der Waals surface area (Å²) >= 11 is 0. The number of nitrogens with one attached hydrogen (secondary N) is 1. The smallest absolute Gasteiger partial charge is 0.224 e. The van der Waals surface area contributed by atoms with Gasteiger partial charge in [-0.3, -0.25) is 4.79 Å². The van der Waals surface area contributed by atoms with Crippen LogP contribution < -0.4 is 19.5 Å². The van der Waals surface area contributed by atoms with Gasteiger partial charge >= 0.3 is 0 Å². The maximum absolute atomic E-state index is 12.9. The highest BCUT2D eigenvalue weighted by Gasteiger charge is 2.19. The van der Waals surface area contributed by atoms with Gasteiger partial charge in [-0.05, 0) is 67.8 Å². The molecule has 1 aromatic heterocycles. The fourth-order valence-corrected chi connectivity index (χ4v) is 4.30. The molecule has 1 N–H and O–H groups in total. The number of benzene rings is 3. The number of nitrogens with zero attached hydrogens (tertiary/aromatic N) is 2. The number of imidazole rings is 1. The Hall–Kier alpha value is -4.00. The van der Waals surface area contributed by atoms with Crippen molar-refractivity contribution in [3.05, 3.63) is 83.2 Å². The Morgan fingerprint density at radius 2 is 1.75 bits per heavy atom. The number of para-hydroxylation sites is 2. The van der Waals surface area contributed by atoms with Gasteiger partial charge in [0, 0.05) is 0 Å². The first-order valence-corrected chi connectivity index (χ1v) is 12.0. The average Bonchev–Trinajstić information content (AvgIpc) is 3.24. The molecule has 4 aromatic rings. The van der Waals surface area contributed by atoms with E-state index in [-0.39, 0.29) is 18.4 Å². The van der Waals surface area contributed by atoms with Crippen LogP contribution >= 0.6 is 0 Å². The van der Waals surface area contributed by atoms with Crippen LogP contribution in [0.2, 0.25) is 0 Å². The summed E-state index contributed by atoms with van der Waals surface area (Å²) in [6, 6.07) is 19.4. The summed E-state index contributed by atoms with van der Waals surface area (Å²) in [5.41, 5.74) is 5.01. The van der Waals surface area contributed by atoms with Crippen molar-refractivity contribution in [3.63, 3.8) is 0 Å². The summed E-state index contributed by atoms with van der Waals surface area (Å²) in [4.78, 5) is 17.7. The predicted octanol–water partition coefficient (Wildman–Crippen LogP) is 5.17. The highest BCUT2D eigenvalue weighted by Crippen LogP contribution is 2.28. The summed E-state index contributed by atoms with van der Waals surface area (Å²) in [6.45, 7) is 7.15. The van der Waals surface area contributed by atoms with Crippen molar-refractivity contribution in [2.24, 2.45) is 0 Å². The van der Waals surface area contributed by atoms with Crippen LogP contribution in [0.4, 0.5) is 0 Å². The molecule has 1 heterocycles. The molecule has 0 spiro atoms. The number of amides is 1. The van der Waals surface area contributed by atoms with Crippen molar-refractivity contribution < 1.29 is 19.0 Å². The Morgan fingerprint density at radius 1 is 0.972 bits per heavy atom. The Morgan fingerprint density at radius 3 is 2.53 bits per heavy atom. The third kappa shape index (κ3) is 5.62. The molecule has 36 heavy (non-hydrogen) atoms. The number of aryl methyl sites for hydroxylation is 2. The summed E-state index contributed by atoms with van der Waals surface area (Å²) < 4.78 is 18.9. The highest BCUT2D eigenvalue weighted by molar-refractivity contribution is 5.80. The molecule has 0 aliphatic rings. The molecule has 0 saturated heterocycles. The topological polar surface area (TPSA) is 74.6 Å². The lowest BCUT2D eigenvalue weighted by molar-refractivity contribution is -0.121. The van der Waals surface area contributed by atoms with Crippen molar-refractivity contribution in [3.8, 4) is 17.2 Å². The molecule has 0 aliphatic heterocycles. The lowest BCUT2D eigenvalue weighted by Crippen LogP contribution is -2.30. The van der Waals surface area contributed by atoms with Crippen LogP contribution in [0.3, 0.4) is 0 Å². The molecular weight excluding hydrogens is 454 g/mol. The van der Waals surface area contributed by atoms with E-state index in [0.29, 0.717) is 24.7 Å². The zero-order valence-corrected chi connectivity index (χ0v) is 21.5. The number of fused-ring (bicyclic) bond motifs is 1. The standard InChI is InChI=1S/C29H33N3O4/c1-19-10-11-20(2)26(16-19)36-15-14-32-24-9-7-6-8-23(24)31-29(32)21(3)30-28(33)18-22-12-13-25(34-4)27(17-22)35-5/h6-13,16-17,21H,14-15,18H2,1-5H3,(H,30,33). The zero-order chi connectivity index (χ0) is 25.7. The largest absolute Gasteiger partial charge is 0.493 e. The van der Waals surface area contributed by atoms with E-state index < -0.39 is 0 Å². The fraction of sp³-hybridized carbons (Fsp3) is 0.310. The lowest BCUT2D eigenvalue weighted by Gasteiger charge is -2.17. The van der Waals surface area contributed by atoms with Crippen LogP contribution in [0.15, 0.2) is 60.7 Å². The van der Waals surface area contributed by atoms with E-state index in [0.717, 1.165) is 39.3 Å². The summed E-state index contributed by atoms with van der Waals surface area (Å²) in [5.74, 6) is 2.81.